The molecule has 1 aromatic heterocycles. The Morgan fingerprint density at radius 3 is 2.67 bits per heavy atom. The van der Waals surface area contributed by atoms with Crippen LogP contribution in [0.3, 0.4) is 0 Å². The van der Waals surface area contributed by atoms with Crippen molar-refractivity contribution in [2.45, 2.75) is 32.4 Å². The van der Waals surface area contributed by atoms with Crippen LogP contribution >= 0.6 is 22.9 Å². The van der Waals surface area contributed by atoms with Gasteiger partial charge in [0.15, 0.2) is 0 Å². The lowest BCUT2D eigenvalue weighted by molar-refractivity contribution is 0.101. The first-order chi connectivity index (χ1) is 8.60. The normalized spacial score (nSPS) is 15.0. The molecule has 18 heavy (non-hydrogen) atoms. The average Bonchev–Trinajstić information content (AvgIpc) is 2.76. The Labute approximate surface area is 119 Å². The molecule has 2 atom stereocenters. The predicted octanol–water partition coefficient (Wildman–Crippen LogP) is 3.15. The Hall–Kier alpha value is -0.130. The minimum absolute atomic E-state index is 0.117. The van der Waals surface area contributed by atoms with Crippen LogP contribution in [0.1, 0.15) is 31.2 Å². The van der Waals surface area contributed by atoms with E-state index in [1.54, 1.807) is 11.3 Å². The van der Waals surface area contributed by atoms with Crippen LogP contribution in [0, 0.1) is 0 Å². The molecule has 2 N–H and O–H groups in total. The molecule has 0 aliphatic heterocycles. The molecular weight excluding hydrogens is 268 g/mol. The van der Waals surface area contributed by atoms with Crippen LogP contribution in [0.25, 0.3) is 0 Å². The van der Waals surface area contributed by atoms with Crippen molar-refractivity contribution in [3.8, 4) is 0 Å². The summed E-state index contributed by atoms with van der Waals surface area (Å²) < 4.78 is 6.22. The SMILES string of the molecule is CCOCCN(C)C(c1ccc(Cl)s1)C(N)CC. The maximum absolute atomic E-state index is 6.24. The molecule has 3 nitrogen and oxygen atoms in total. The molecule has 1 heterocycles. The van der Waals surface area contributed by atoms with E-state index in [-0.39, 0.29) is 12.1 Å². The van der Waals surface area contributed by atoms with Crippen LogP contribution in [0.2, 0.25) is 4.34 Å². The molecule has 0 spiro atoms. The second-order valence-electron chi connectivity index (χ2n) is 4.34. The second kappa shape index (κ2) is 8.12. The molecule has 104 valence electrons. The maximum atomic E-state index is 6.24. The van der Waals surface area contributed by atoms with E-state index in [4.69, 9.17) is 22.1 Å². The molecule has 0 fully saturated rings. The van der Waals surface area contributed by atoms with E-state index in [0.717, 1.165) is 30.5 Å². The summed E-state index contributed by atoms with van der Waals surface area (Å²) in [5, 5.41) is 0. The van der Waals surface area contributed by atoms with E-state index >= 15 is 0 Å². The number of ether oxygens (including phenoxy) is 1. The Kier molecular flexibility index (Phi) is 7.19. The van der Waals surface area contributed by atoms with Gasteiger partial charge in [0, 0.05) is 24.1 Å². The lowest BCUT2D eigenvalue weighted by Gasteiger charge is -2.31. The summed E-state index contributed by atoms with van der Waals surface area (Å²) in [5.74, 6) is 0. The number of hydrogen-bond acceptors (Lipinski definition) is 4. The number of thiophene rings is 1. The largest absolute Gasteiger partial charge is 0.380 e. The van der Waals surface area contributed by atoms with Gasteiger partial charge in [0.2, 0.25) is 0 Å². The van der Waals surface area contributed by atoms with Gasteiger partial charge in [-0.2, -0.15) is 0 Å². The van der Waals surface area contributed by atoms with Crippen molar-refractivity contribution in [1.29, 1.82) is 0 Å². The summed E-state index contributed by atoms with van der Waals surface area (Å²) in [6.45, 7) is 6.49. The Balaban J connectivity index is 2.72. The van der Waals surface area contributed by atoms with E-state index in [1.807, 2.05) is 13.0 Å². The third-order valence-corrected chi connectivity index (χ3v) is 4.33. The highest BCUT2D eigenvalue weighted by atomic mass is 35.5. The predicted molar refractivity (Wildman–Crippen MR) is 79.5 cm³/mol. The van der Waals surface area contributed by atoms with Crippen molar-refractivity contribution in [3.63, 3.8) is 0 Å². The first-order valence-electron chi connectivity index (χ1n) is 6.38. The van der Waals surface area contributed by atoms with Crippen LogP contribution in [-0.4, -0.2) is 37.7 Å². The molecule has 0 saturated heterocycles. The van der Waals surface area contributed by atoms with Gasteiger partial charge in [0.1, 0.15) is 0 Å². The Bertz CT molecular complexity index is 345. The first-order valence-corrected chi connectivity index (χ1v) is 7.58. The zero-order chi connectivity index (χ0) is 13.5. The first kappa shape index (κ1) is 15.9. The molecule has 0 aliphatic rings. The number of rotatable bonds is 8. The summed E-state index contributed by atoms with van der Waals surface area (Å²) in [6, 6.07) is 4.34. The van der Waals surface area contributed by atoms with E-state index in [1.165, 1.54) is 4.88 Å². The minimum Gasteiger partial charge on any atom is -0.380 e. The summed E-state index contributed by atoms with van der Waals surface area (Å²) in [7, 11) is 2.09. The van der Waals surface area contributed by atoms with Crippen molar-refractivity contribution in [2.24, 2.45) is 5.73 Å². The van der Waals surface area contributed by atoms with Gasteiger partial charge in [0.25, 0.3) is 0 Å². The molecule has 1 aromatic rings. The highest BCUT2D eigenvalue weighted by molar-refractivity contribution is 7.16. The minimum atomic E-state index is 0.117. The van der Waals surface area contributed by atoms with Gasteiger partial charge >= 0.3 is 0 Å². The third kappa shape index (κ3) is 4.52. The van der Waals surface area contributed by atoms with Crippen LogP contribution in [-0.2, 0) is 4.74 Å². The average molecular weight is 291 g/mol. The highest BCUT2D eigenvalue weighted by Gasteiger charge is 2.24. The second-order valence-corrected chi connectivity index (χ2v) is 6.08. The molecule has 0 saturated carbocycles. The number of halogens is 1. The van der Waals surface area contributed by atoms with Crippen molar-refractivity contribution >= 4 is 22.9 Å². The molecular formula is C13H23ClN2OS. The molecule has 0 radical (unpaired) electrons. The summed E-state index contributed by atoms with van der Waals surface area (Å²) in [4.78, 5) is 3.49. The van der Waals surface area contributed by atoms with E-state index < -0.39 is 0 Å². The van der Waals surface area contributed by atoms with Gasteiger partial charge in [0.05, 0.1) is 17.0 Å². The van der Waals surface area contributed by atoms with Crippen LogP contribution in [0.15, 0.2) is 12.1 Å². The fraction of sp³-hybridized carbons (Fsp3) is 0.692. The summed E-state index contributed by atoms with van der Waals surface area (Å²) >= 11 is 7.63. The van der Waals surface area contributed by atoms with Gasteiger partial charge in [-0.15, -0.1) is 11.3 Å². The topological polar surface area (TPSA) is 38.5 Å². The van der Waals surface area contributed by atoms with Crippen LogP contribution < -0.4 is 5.73 Å². The maximum Gasteiger partial charge on any atom is 0.0931 e. The molecule has 0 amide bonds. The van der Waals surface area contributed by atoms with Crippen molar-refractivity contribution in [3.05, 3.63) is 21.3 Å². The van der Waals surface area contributed by atoms with Gasteiger partial charge < -0.3 is 10.5 Å². The van der Waals surface area contributed by atoms with Crippen molar-refractivity contribution < 1.29 is 4.74 Å². The quantitative estimate of drug-likeness (QED) is 0.748. The standard InChI is InChI=1S/C13H23ClN2OS/c1-4-10(15)13(11-6-7-12(14)18-11)16(3)8-9-17-5-2/h6-7,10,13H,4-5,8-9,15H2,1-3H3. The fourth-order valence-corrected chi connectivity index (χ4v) is 3.26. The monoisotopic (exact) mass is 290 g/mol. The number of nitrogens with zero attached hydrogens (tertiary/aromatic N) is 1. The van der Waals surface area contributed by atoms with Crippen LogP contribution in [0.5, 0.6) is 0 Å². The molecule has 1 rings (SSSR count). The Morgan fingerprint density at radius 1 is 1.44 bits per heavy atom. The molecule has 2 unspecified atom stereocenters. The van der Waals surface area contributed by atoms with Crippen LogP contribution in [0.4, 0.5) is 0 Å². The highest BCUT2D eigenvalue weighted by Crippen LogP contribution is 2.32. The number of nitrogens with two attached hydrogens (primary N) is 1. The zero-order valence-corrected chi connectivity index (χ0v) is 12.9. The lowest BCUT2D eigenvalue weighted by Crippen LogP contribution is -2.39. The Morgan fingerprint density at radius 2 is 2.17 bits per heavy atom. The molecule has 0 bridgehead atoms. The van der Waals surface area contributed by atoms with Gasteiger partial charge in [-0.25, -0.2) is 0 Å². The van der Waals surface area contributed by atoms with E-state index in [0.29, 0.717) is 0 Å². The lowest BCUT2D eigenvalue weighted by atomic mass is 10.0. The fourth-order valence-electron chi connectivity index (χ4n) is 1.96. The van der Waals surface area contributed by atoms with Gasteiger partial charge in [-0.3, -0.25) is 4.90 Å². The van der Waals surface area contributed by atoms with Crippen molar-refractivity contribution in [1.82, 2.24) is 4.90 Å². The van der Waals surface area contributed by atoms with E-state index in [2.05, 4.69) is 24.9 Å². The summed E-state index contributed by atoms with van der Waals surface area (Å²) in [5.41, 5.74) is 6.24. The van der Waals surface area contributed by atoms with Gasteiger partial charge in [-0.1, -0.05) is 18.5 Å². The smallest absolute Gasteiger partial charge is 0.0931 e. The number of likely N-dealkylation sites (N-methyl/N-ethyl adjacent to an activating group) is 1. The van der Waals surface area contributed by atoms with Crippen molar-refractivity contribution in [2.75, 3.05) is 26.8 Å². The zero-order valence-electron chi connectivity index (χ0n) is 11.4. The molecule has 5 heteroatoms. The number of hydrogen-bond donors (Lipinski definition) is 1. The summed E-state index contributed by atoms with van der Waals surface area (Å²) in [6.07, 6.45) is 0.944. The molecule has 0 aromatic carbocycles. The third-order valence-electron chi connectivity index (χ3n) is 3.03. The van der Waals surface area contributed by atoms with Gasteiger partial charge in [-0.05, 0) is 32.5 Å². The van der Waals surface area contributed by atoms with E-state index in [9.17, 15) is 0 Å². The molecule has 0 aliphatic carbocycles.